The van der Waals surface area contributed by atoms with Crippen LogP contribution in [0.15, 0.2) is 0 Å². The Bertz CT molecular complexity index is 174. The van der Waals surface area contributed by atoms with Crippen LogP contribution in [0.1, 0.15) is 65.2 Å². The summed E-state index contributed by atoms with van der Waals surface area (Å²) in [6.07, 6.45) is 11.5. The molecule has 0 aromatic rings. The second kappa shape index (κ2) is 10.8. The van der Waals surface area contributed by atoms with Gasteiger partial charge in [0.1, 0.15) is 0 Å². The van der Waals surface area contributed by atoms with Crippen molar-refractivity contribution in [2.75, 3.05) is 32.7 Å². The van der Waals surface area contributed by atoms with Crippen LogP contribution in [0, 0.1) is 5.92 Å². The van der Waals surface area contributed by atoms with Crippen molar-refractivity contribution in [3.8, 4) is 0 Å². The largest absolute Gasteiger partial charge is 0.315 e. The Morgan fingerprint density at radius 2 is 1.61 bits per heavy atom. The maximum absolute atomic E-state index is 3.68. The summed E-state index contributed by atoms with van der Waals surface area (Å²) in [5.74, 6) is 0.951. The highest BCUT2D eigenvalue weighted by atomic mass is 15.1. The lowest BCUT2D eigenvalue weighted by Gasteiger charge is -2.22. The summed E-state index contributed by atoms with van der Waals surface area (Å²) in [6.45, 7) is 10.6. The van der Waals surface area contributed by atoms with E-state index >= 15 is 0 Å². The predicted octanol–water partition coefficient (Wildman–Crippen LogP) is 3.67. The average molecular weight is 254 g/mol. The van der Waals surface area contributed by atoms with Crippen LogP contribution < -0.4 is 5.32 Å². The second-order valence-corrected chi connectivity index (χ2v) is 5.85. The first-order valence-electron chi connectivity index (χ1n) is 8.29. The molecule has 0 spiro atoms. The van der Waals surface area contributed by atoms with E-state index < -0.39 is 0 Å². The molecule has 0 aliphatic heterocycles. The highest BCUT2D eigenvalue weighted by molar-refractivity contribution is 4.67. The average Bonchev–Trinajstić information content (AvgIpc) is 2.35. The molecular formula is C16H34N2. The topological polar surface area (TPSA) is 15.3 Å². The lowest BCUT2D eigenvalue weighted by Crippen LogP contribution is -2.34. The Kier molecular flexibility index (Phi) is 9.59. The van der Waals surface area contributed by atoms with Gasteiger partial charge in [-0.05, 0) is 44.8 Å². The first-order valence-corrected chi connectivity index (χ1v) is 8.29. The smallest absolute Gasteiger partial charge is 0.0107 e. The van der Waals surface area contributed by atoms with E-state index in [2.05, 4.69) is 24.1 Å². The van der Waals surface area contributed by atoms with Crippen LogP contribution in [0.4, 0.5) is 0 Å². The maximum atomic E-state index is 3.68. The minimum Gasteiger partial charge on any atom is -0.315 e. The molecule has 18 heavy (non-hydrogen) atoms. The predicted molar refractivity (Wildman–Crippen MR) is 81.1 cm³/mol. The van der Waals surface area contributed by atoms with Gasteiger partial charge in [0.2, 0.25) is 0 Å². The van der Waals surface area contributed by atoms with Crippen molar-refractivity contribution in [3.63, 3.8) is 0 Å². The van der Waals surface area contributed by atoms with E-state index in [0.717, 1.165) is 5.92 Å². The van der Waals surface area contributed by atoms with Gasteiger partial charge in [0.25, 0.3) is 0 Å². The molecule has 0 atom stereocenters. The number of likely N-dealkylation sites (N-methyl/N-ethyl adjacent to an activating group) is 1. The quantitative estimate of drug-likeness (QED) is 0.665. The Hall–Kier alpha value is -0.0800. The molecule has 1 rings (SSSR count). The first-order chi connectivity index (χ1) is 8.86. The molecular weight excluding hydrogens is 220 g/mol. The molecule has 1 aliphatic rings. The minimum atomic E-state index is 0.951. The Morgan fingerprint density at radius 1 is 0.944 bits per heavy atom. The van der Waals surface area contributed by atoms with Gasteiger partial charge in [0.15, 0.2) is 0 Å². The summed E-state index contributed by atoms with van der Waals surface area (Å²) in [5, 5.41) is 3.68. The lowest BCUT2D eigenvalue weighted by atomic mass is 9.91. The molecule has 0 heterocycles. The monoisotopic (exact) mass is 254 g/mol. The summed E-state index contributed by atoms with van der Waals surface area (Å²) in [4.78, 5) is 2.55. The number of hydrogen-bond acceptors (Lipinski definition) is 2. The first kappa shape index (κ1) is 16.0. The summed E-state index contributed by atoms with van der Waals surface area (Å²) >= 11 is 0. The van der Waals surface area contributed by atoms with E-state index in [1.807, 2.05) is 0 Å². The maximum Gasteiger partial charge on any atom is 0.0107 e. The highest BCUT2D eigenvalue weighted by Gasteiger charge is 2.10. The second-order valence-electron chi connectivity index (χ2n) is 5.85. The van der Waals surface area contributed by atoms with Gasteiger partial charge in [0, 0.05) is 13.1 Å². The zero-order valence-corrected chi connectivity index (χ0v) is 12.7. The van der Waals surface area contributed by atoms with E-state index in [1.165, 1.54) is 84.1 Å². The van der Waals surface area contributed by atoms with Crippen LogP contribution in [0.2, 0.25) is 0 Å². The van der Waals surface area contributed by atoms with Gasteiger partial charge in [-0.3, -0.25) is 0 Å². The molecule has 0 radical (unpaired) electrons. The van der Waals surface area contributed by atoms with Gasteiger partial charge in [-0.1, -0.05) is 46.0 Å². The Morgan fingerprint density at radius 3 is 2.22 bits per heavy atom. The Balaban J connectivity index is 2.04. The van der Waals surface area contributed by atoms with Crippen molar-refractivity contribution in [1.29, 1.82) is 0 Å². The van der Waals surface area contributed by atoms with E-state index in [1.54, 1.807) is 0 Å². The van der Waals surface area contributed by atoms with Crippen molar-refractivity contribution >= 4 is 0 Å². The molecule has 0 amide bonds. The van der Waals surface area contributed by atoms with Crippen molar-refractivity contribution in [1.82, 2.24) is 10.2 Å². The molecule has 108 valence electrons. The van der Waals surface area contributed by atoms with E-state index in [0.29, 0.717) is 0 Å². The van der Waals surface area contributed by atoms with Crippen molar-refractivity contribution in [2.45, 2.75) is 65.2 Å². The molecule has 0 saturated heterocycles. The van der Waals surface area contributed by atoms with Gasteiger partial charge < -0.3 is 10.2 Å². The Labute approximate surface area is 115 Å². The van der Waals surface area contributed by atoms with Crippen molar-refractivity contribution < 1.29 is 0 Å². The third kappa shape index (κ3) is 7.38. The number of rotatable bonds is 8. The molecule has 1 aliphatic carbocycles. The fourth-order valence-corrected chi connectivity index (χ4v) is 3.03. The van der Waals surface area contributed by atoms with Gasteiger partial charge in [-0.25, -0.2) is 0 Å². The number of nitrogens with one attached hydrogen (secondary N) is 1. The molecule has 1 saturated carbocycles. The normalized spacial score (nSPS) is 18.8. The summed E-state index contributed by atoms with van der Waals surface area (Å²) in [7, 11) is 0. The zero-order chi connectivity index (χ0) is 13.1. The minimum absolute atomic E-state index is 0.951. The lowest BCUT2D eigenvalue weighted by molar-refractivity contribution is 0.280. The molecule has 2 nitrogen and oxygen atoms in total. The van der Waals surface area contributed by atoms with E-state index in [9.17, 15) is 0 Å². The molecule has 0 unspecified atom stereocenters. The zero-order valence-electron chi connectivity index (χ0n) is 12.7. The summed E-state index contributed by atoms with van der Waals surface area (Å²) in [6, 6.07) is 0. The van der Waals surface area contributed by atoms with Crippen molar-refractivity contribution in [2.24, 2.45) is 5.92 Å². The van der Waals surface area contributed by atoms with Crippen LogP contribution in [-0.2, 0) is 0 Å². The van der Waals surface area contributed by atoms with Gasteiger partial charge in [-0.2, -0.15) is 0 Å². The SMILES string of the molecule is CCCN(CC)CCNCC1CCCCCCC1. The molecule has 0 bridgehead atoms. The fourth-order valence-electron chi connectivity index (χ4n) is 3.03. The summed E-state index contributed by atoms with van der Waals surface area (Å²) < 4.78 is 0. The number of hydrogen-bond donors (Lipinski definition) is 1. The molecule has 0 aromatic carbocycles. The van der Waals surface area contributed by atoms with Gasteiger partial charge in [-0.15, -0.1) is 0 Å². The molecule has 1 N–H and O–H groups in total. The van der Waals surface area contributed by atoms with Crippen LogP contribution in [0.3, 0.4) is 0 Å². The van der Waals surface area contributed by atoms with E-state index in [4.69, 9.17) is 0 Å². The summed E-state index contributed by atoms with van der Waals surface area (Å²) in [5.41, 5.74) is 0. The van der Waals surface area contributed by atoms with Crippen LogP contribution >= 0.6 is 0 Å². The molecule has 0 aromatic heterocycles. The van der Waals surface area contributed by atoms with E-state index in [-0.39, 0.29) is 0 Å². The van der Waals surface area contributed by atoms with Gasteiger partial charge >= 0.3 is 0 Å². The third-order valence-electron chi connectivity index (χ3n) is 4.25. The van der Waals surface area contributed by atoms with Crippen molar-refractivity contribution in [3.05, 3.63) is 0 Å². The van der Waals surface area contributed by atoms with Crippen LogP contribution in [0.5, 0.6) is 0 Å². The van der Waals surface area contributed by atoms with Crippen LogP contribution in [-0.4, -0.2) is 37.6 Å². The third-order valence-corrected chi connectivity index (χ3v) is 4.25. The van der Waals surface area contributed by atoms with Crippen LogP contribution in [0.25, 0.3) is 0 Å². The highest BCUT2D eigenvalue weighted by Crippen LogP contribution is 2.21. The standard InChI is InChI=1S/C16H34N2/c1-3-13-18(4-2)14-12-17-15-16-10-8-6-5-7-9-11-16/h16-17H,3-15H2,1-2H3. The van der Waals surface area contributed by atoms with Gasteiger partial charge in [0.05, 0.1) is 0 Å². The molecule has 2 heteroatoms. The molecule has 1 fully saturated rings. The number of nitrogens with zero attached hydrogens (tertiary/aromatic N) is 1. The fraction of sp³-hybridized carbons (Fsp3) is 1.00.